The molecule has 0 bridgehead atoms. The van der Waals surface area contributed by atoms with Gasteiger partial charge in [-0.25, -0.2) is 0 Å². The summed E-state index contributed by atoms with van der Waals surface area (Å²) >= 11 is 1.57. The SMILES string of the molecule is COc1cc(NC(=O)c2cc(-c3cccs3)[nH]n2)cc(OC)c1OC. The number of carbonyl (C=O) groups excluding carboxylic acids is 1. The average Bonchev–Trinajstić information content (AvgIpc) is 3.31. The van der Waals surface area contributed by atoms with Gasteiger partial charge in [0.15, 0.2) is 17.2 Å². The fourth-order valence-corrected chi connectivity index (χ4v) is 3.04. The highest BCUT2D eigenvalue weighted by molar-refractivity contribution is 7.13. The van der Waals surface area contributed by atoms with Crippen molar-refractivity contribution in [3.63, 3.8) is 0 Å². The van der Waals surface area contributed by atoms with Crippen molar-refractivity contribution in [1.82, 2.24) is 10.2 Å². The zero-order chi connectivity index (χ0) is 17.8. The van der Waals surface area contributed by atoms with Crippen LogP contribution in [0.3, 0.4) is 0 Å². The van der Waals surface area contributed by atoms with Crippen LogP contribution >= 0.6 is 11.3 Å². The number of nitrogens with one attached hydrogen (secondary N) is 2. The molecule has 0 saturated heterocycles. The minimum Gasteiger partial charge on any atom is -0.493 e. The Morgan fingerprint density at radius 3 is 2.40 bits per heavy atom. The molecule has 0 aliphatic heterocycles. The maximum absolute atomic E-state index is 12.4. The van der Waals surface area contributed by atoms with Gasteiger partial charge in [0.05, 0.1) is 31.9 Å². The largest absolute Gasteiger partial charge is 0.493 e. The molecule has 0 radical (unpaired) electrons. The van der Waals surface area contributed by atoms with Crippen molar-refractivity contribution in [2.45, 2.75) is 0 Å². The quantitative estimate of drug-likeness (QED) is 0.704. The standard InChI is InChI=1S/C17H17N3O4S/c1-22-13-7-10(8-14(23-2)16(13)24-3)18-17(21)12-9-11(19-20-12)15-5-4-6-25-15/h4-9H,1-3H3,(H,18,21)(H,19,20). The Balaban J connectivity index is 1.83. The number of ether oxygens (including phenoxy) is 3. The predicted molar refractivity (Wildman–Crippen MR) is 96.0 cm³/mol. The second-order valence-corrected chi connectivity index (χ2v) is 5.96. The first kappa shape index (κ1) is 16.8. The minimum atomic E-state index is -0.340. The van der Waals surface area contributed by atoms with Gasteiger partial charge in [-0.15, -0.1) is 11.3 Å². The number of amides is 1. The minimum absolute atomic E-state index is 0.289. The summed E-state index contributed by atoms with van der Waals surface area (Å²) in [5.74, 6) is 1.04. The first-order valence-corrected chi connectivity index (χ1v) is 8.25. The Labute approximate surface area is 148 Å². The summed E-state index contributed by atoms with van der Waals surface area (Å²) in [5, 5.41) is 11.7. The van der Waals surface area contributed by atoms with E-state index >= 15 is 0 Å². The van der Waals surface area contributed by atoms with Gasteiger partial charge in [0.1, 0.15) is 0 Å². The monoisotopic (exact) mass is 359 g/mol. The number of benzene rings is 1. The Morgan fingerprint density at radius 2 is 1.84 bits per heavy atom. The van der Waals surface area contributed by atoms with E-state index in [9.17, 15) is 4.79 Å². The molecule has 3 rings (SSSR count). The van der Waals surface area contributed by atoms with E-state index in [1.54, 1.807) is 29.5 Å². The number of hydrogen-bond acceptors (Lipinski definition) is 6. The van der Waals surface area contributed by atoms with Crippen LogP contribution in [-0.2, 0) is 0 Å². The zero-order valence-corrected chi connectivity index (χ0v) is 14.8. The van der Waals surface area contributed by atoms with Crippen LogP contribution in [0.15, 0.2) is 35.7 Å². The van der Waals surface area contributed by atoms with Crippen LogP contribution in [0.25, 0.3) is 10.6 Å². The average molecular weight is 359 g/mol. The number of methoxy groups -OCH3 is 3. The van der Waals surface area contributed by atoms with Crippen LogP contribution in [0.5, 0.6) is 17.2 Å². The van der Waals surface area contributed by atoms with Crippen molar-refractivity contribution in [3.8, 4) is 27.8 Å². The maximum atomic E-state index is 12.4. The molecular formula is C17H17N3O4S. The smallest absolute Gasteiger partial charge is 0.276 e. The van der Waals surface area contributed by atoms with E-state index in [1.807, 2.05) is 17.5 Å². The van der Waals surface area contributed by atoms with Crippen LogP contribution in [0.4, 0.5) is 5.69 Å². The molecule has 1 amide bonds. The van der Waals surface area contributed by atoms with E-state index < -0.39 is 0 Å². The van der Waals surface area contributed by atoms with Crippen molar-refractivity contribution in [1.29, 1.82) is 0 Å². The number of nitrogens with zero attached hydrogens (tertiary/aromatic N) is 1. The summed E-state index contributed by atoms with van der Waals surface area (Å²) in [7, 11) is 4.56. The number of carbonyl (C=O) groups is 1. The molecule has 0 aliphatic rings. The van der Waals surface area contributed by atoms with Gasteiger partial charge in [0, 0.05) is 17.8 Å². The van der Waals surface area contributed by atoms with Crippen LogP contribution in [0.1, 0.15) is 10.5 Å². The van der Waals surface area contributed by atoms with E-state index in [0.717, 1.165) is 10.6 Å². The number of rotatable bonds is 6. The number of thiophene rings is 1. The third-order valence-electron chi connectivity index (χ3n) is 3.52. The highest BCUT2D eigenvalue weighted by Gasteiger charge is 2.17. The lowest BCUT2D eigenvalue weighted by molar-refractivity contribution is 0.102. The summed E-state index contributed by atoms with van der Waals surface area (Å²) < 4.78 is 15.8. The lowest BCUT2D eigenvalue weighted by Gasteiger charge is -2.14. The van der Waals surface area contributed by atoms with Gasteiger partial charge in [-0.1, -0.05) is 6.07 Å². The van der Waals surface area contributed by atoms with E-state index in [-0.39, 0.29) is 11.6 Å². The Hall–Kier alpha value is -3.00. The number of anilines is 1. The van der Waals surface area contributed by atoms with E-state index in [0.29, 0.717) is 22.9 Å². The molecule has 25 heavy (non-hydrogen) atoms. The Morgan fingerprint density at radius 1 is 1.12 bits per heavy atom. The molecule has 0 fully saturated rings. The molecule has 0 saturated carbocycles. The molecule has 0 spiro atoms. The number of aromatic amines is 1. The van der Waals surface area contributed by atoms with Crippen molar-refractivity contribution in [2.75, 3.05) is 26.6 Å². The van der Waals surface area contributed by atoms with E-state index in [1.165, 1.54) is 21.3 Å². The molecule has 2 N–H and O–H groups in total. The summed E-state index contributed by atoms with van der Waals surface area (Å²) in [6.45, 7) is 0. The third kappa shape index (κ3) is 3.43. The molecule has 1 aromatic carbocycles. The molecule has 3 aromatic rings. The fourth-order valence-electron chi connectivity index (χ4n) is 2.34. The Bertz CT molecular complexity index is 849. The predicted octanol–water partition coefficient (Wildman–Crippen LogP) is 3.42. The maximum Gasteiger partial charge on any atom is 0.276 e. The fraction of sp³-hybridized carbons (Fsp3) is 0.176. The van der Waals surface area contributed by atoms with Gasteiger partial charge in [0.2, 0.25) is 5.75 Å². The van der Waals surface area contributed by atoms with Crippen LogP contribution in [0.2, 0.25) is 0 Å². The van der Waals surface area contributed by atoms with Crippen LogP contribution in [0, 0.1) is 0 Å². The molecule has 0 atom stereocenters. The zero-order valence-electron chi connectivity index (χ0n) is 14.0. The third-order valence-corrected chi connectivity index (χ3v) is 4.42. The lowest BCUT2D eigenvalue weighted by atomic mass is 10.2. The molecule has 7 nitrogen and oxygen atoms in total. The second-order valence-electron chi connectivity index (χ2n) is 5.01. The van der Waals surface area contributed by atoms with Gasteiger partial charge in [0.25, 0.3) is 5.91 Å². The molecule has 0 aliphatic carbocycles. The van der Waals surface area contributed by atoms with Crippen LogP contribution < -0.4 is 19.5 Å². The molecule has 8 heteroatoms. The van der Waals surface area contributed by atoms with Gasteiger partial charge >= 0.3 is 0 Å². The topological polar surface area (TPSA) is 85.5 Å². The first-order chi connectivity index (χ1) is 12.2. The van der Waals surface area contributed by atoms with Gasteiger partial charge in [-0.05, 0) is 17.5 Å². The summed E-state index contributed by atoms with van der Waals surface area (Å²) in [6.07, 6.45) is 0. The molecule has 130 valence electrons. The van der Waals surface area contributed by atoms with Crippen molar-refractivity contribution in [2.24, 2.45) is 0 Å². The molecule has 0 unspecified atom stereocenters. The van der Waals surface area contributed by atoms with Gasteiger partial charge < -0.3 is 19.5 Å². The summed E-state index contributed by atoms with van der Waals surface area (Å²) in [6, 6.07) is 8.92. The normalized spacial score (nSPS) is 10.4. The summed E-state index contributed by atoms with van der Waals surface area (Å²) in [5.41, 5.74) is 1.60. The molecule has 2 aromatic heterocycles. The van der Waals surface area contributed by atoms with E-state index in [2.05, 4.69) is 15.5 Å². The van der Waals surface area contributed by atoms with Crippen molar-refractivity contribution >= 4 is 22.9 Å². The van der Waals surface area contributed by atoms with Gasteiger partial charge in [-0.2, -0.15) is 5.10 Å². The van der Waals surface area contributed by atoms with Crippen molar-refractivity contribution < 1.29 is 19.0 Å². The van der Waals surface area contributed by atoms with Crippen molar-refractivity contribution in [3.05, 3.63) is 41.4 Å². The molecular weight excluding hydrogens is 342 g/mol. The number of aromatic nitrogens is 2. The molecule has 2 heterocycles. The summed E-state index contributed by atoms with van der Waals surface area (Å²) in [4.78, 5) is 13.5. The van der Waals surface area contributed by atoms with Crippen LogP contribution in [-0.4, -0.2) is 37.4 Å². The highest BCUT2D eigenvalue weighted by Crippen LogP contribution is 2.40. The first-order valence-electron chi connectivity index (χ1n) is 7.37. The number of H-pyrrole nitrogens is 1. The highest BCUT2D eigenvalue weighted by atomic mass is 32.1. The Kier molecular flexibility index (Phi) is 4.90. The van der Waals surface area contributed by atoms with Gasteiger partial charge in [-0.3, -0.25) is 9.89 Å². The van der Waals surface area contributed by atoms with E-state index in [4.69, 9.17) is 14.2 Å². The second kappa shape index (κ2) is 7.27. The lowest BCUT2D eigenvalue weighted by Crippen LogP contribution is -2.12. The number of hydrogen-bond donors (Lipinski definition) is 2.